The Balaban J connectivity index is 2.55. The van der Waals surface area contributed by atoms with Crippen LogP contribution in [0, 0.1) is 6.92 Å². The Morgan fingerprint density at radius 3 is 2.94 bits per heavy atom. The lowest BCUT2D eigenvalue weighted by Crippen LogP contribution is -1.95. The fraction of sp³-hybridized carbons (Fsp3) is 0.231. The van der Waals surface area contributed by atoms with Crippen molar-refractivity contribution in [3.8, 4) is 0 Å². The van der Waals surface area contributed by atoms with Crippen LogP contribution in [0.15, 0.2) is 24.3 Å². The van der Waals surface area contributed by atoms with Gasteiger partial charge in [0, 0.05) is 6.54 Å². The molecule has 0 spiro atoms. The highest BCUT2D eigenvalue weighted by atomic mass is 16.1. The zero-order valence-corrected chi connectivity index (χ0v) is 9.47. The van der Waals surface area contributed by atoms with Crippen molar-refractivity contribution in [1.29, 1.82) is 0 Å². The van der Waals surface area contributed by atoms with Gasteiger partial charge in [-0.1, -0.05) is 12.1 Å². The molecule has 0 saturated heterocycles. The van der Waals surface area contributed by atoms with Crippen molar-refractivity contribution in [3.05, 3.63) is 35.7 Å². The van der Waals surface area contributed by atoms with Gasteiger partial charge in [0.2, 0.25) is 0 Å². The number of allylic oxidation sites excluding steroid dienone is 1. The molecule has 0 fully saturated rings. The van der Waals surface area contributed by atoms with E-state index in [9.17, 15) is 4.79 Å². The summed E-state index contributed by atoms with van der Waals surface area (Å²) >= 11 is 0. The van der Waals surface area contributed by atoms with Crippen LogP contribution < -0.4 is 0 Å². The molecule has 0 unspecified atom stereocenters. The molecule has 0 saturated carbocycles. The van der Waals surface area contributed by atoms with Gasteiger partial charge in [0.25, 0.3) is 0 Å². The lowest BCUT2D eigenvalue weighted by Gasteiger charge is -2.01. The van der Waals surface area contributed by atoms with E-state index in [1.807, 2.05) is 25.1 Å². The summed E-state index contributed by atoms with van der Waals surface area (Å²) < 4.78 is 2.17. The lowest BCUT2D eigenvalue weighted by atomic mass is 10.2. The Labute approximate surface area is 94.4 Å². The molecule has 0 radical (unpaired) electrons. The number of fused-ring (bicyclic) bond motifs is 1. The number of aryl methyl sites for hydroxylation is 2. The minimum Gasteiger partial charge on any atom is -0.329 e. The Morgan fingerprint density at radius 1 is 1.44 bits per heavy atom. The Hall–Kier alpha value is -1.90. The molecule has 0 aliphatic carbocycles. The highest BCUT2D eigenvalue weighted by molar-refractivity contribution is 5.81. The van der Waals surface area contributed by atoms with Crippen molar-refractivity contribution in [2.24, 2.45) is 0 Å². The molecule has 1 aromatic carbocycles. The molecule has 2 aromatic rings. The van der Waals surface area contributed by atoms with Gasteiger partial charge in [-0.15, -0.1) is 0 Å². The van der Waals surface area contributed by atoms with Crippen molar-refractivity contribution < 1.29 is 4.79 Å². The molecule has 1 heterocycles. The average molecular weight is 214 g/mol. The standard InChI is InChI=1S/C13H14N2O/c1-3-15-10(2)14-12-9-11(5-4-8-16)6-7-13(12)15/h4-9H,3H2,1-2H3/b5-4+. The summed E-state index contributed by atoms with van der Waals surface area (Å²) in [6.45, 7) is 5.03. The summed E-state index contributed by atoms with van der Waals surface area (Å²) in [7, 11) is 0. The quantitative estimate of drug-likeness (QED) is 0.581. The molecule has 82 valence electrons. The van der Waals surface area contributed by atoms with Crippen LogP contribution in [0.2, 0.25) is 0 Å². The van der Waals surface area contributed by atoms with Crippen LogP contribution in [0.25, 0.3) is 17.1 Å². The summed E-state index contributed by atoms with van der Waals surface area (Å²) in [5, 5.41) is 0. The monoisotopic (exact) mass is 214 g/mol. The Kier molecular flexibility index (Phi) is 2.86. The molecule has 3 heteroatoms. The SMILES string of the molecule is CCn1c(C)nc2cc(/C=C/C=O)ccc21. The first-order valence-electron chi connectivity index (χ1n) is 5.35. The molecular formula is C13H14N2O. The van der Waals surface area contributed by atoms with Crippen molar-refractivity contribution in [2.75, 3.05) is 0 Å². The number of carbonyl (C=O) groups excluding carboxylic acids is 1. The molecule has 16 heavy (non-hydrogen) atoms. The number of benzene rings is 1. The van der Waals surface area contributed by atoms with Gasteiger partial charge in [-0.25, -0.2) is 4.98 Å². The molecule has 0 atom stereocenters. The molecule has 2 rings (SSSR count). The minimum atomic E-state index is 0.778. The van der Waals surface area contributed by atoms with Crippen LogP contribution in [0.5, 0.6) is 0 Å². The van der Waals surface area contributed by atoms with Gasteiger partial charge in [-0.3, -0.25) is 4.79 Å². The number of nitrogens with zero attached hydrogens (tertiary/aromatic N) is 2. The van der Waals surface area contributed by atoms with E-state index in [4.69, 9.17) is 0 Å². The van der Waals surface area contributed by atoms with Crippen molar-refractivity contribution in [3.63, 3.8) is 0 Å². The van der Waals surface area contributed by atoms with Crippen LogP contribution in [0.4, 0.5) is 0 Å². The first-order chi connectivity index (χ1) is 7.76. The summed E-state index contributed by atoms with van der Waals surface area (Å²) in [4.78, 5) is 14.7. The molecule has 0 aliphatic heterocycles. The van der Waals surface area contributed by atoms with Gasteiger partial charge in [0.15, 0.2) is 0 Å². The van der Waals surface area contributed by atoms with Crippen LogP contribution in [-0.4, -0.2) is 15.8 Å². The topological polar surface area (TPSA) is 34.9 Å². The summed E-state index contributed by atoms with van der Waals surface area (Å²) in [5.41, 5.74) is 3.12. The largest absolute Gasteiger partial charge is 0.329 e. The highest BCUT2D eigenvalue weighted by Crippen LogP contribution is 2.18. The maximum Gasteiger partial charge on any atom is 0.142 e. The molecule has 0 amide bonds. The summed E-state index contributed by atoms with van der Waals surface area (Å²) in [6, 6.07) is 6.04. The van der Waals surface area contributed by atoms with Crippen molar-refractivity contribution in [1.82, 2.24) is 9.55 Å². The molecule has 1 aromatic heterocycles. The van der Waals surface area contributed by atoms with E-state index < -0.39 is 0 Å². The number of rotatable bonds is 3. The van der Waals surface area contributed by atoms with Crippen LogP contribution >= 0.6 is 0 Å². The summed E-state index contributed by atoms with van der Waals surface area (Å²) in [6.07, 6.45) is 4.05. The Morgan fingerprint density at radius 2 is 2.25 bits per heavy atom. The summed E-state index contributed by atoms with van der Waals surface area (Å²) in [5.74, 6) is 1.02. The average Bonchev–Trinajstić information content (AvgIpc) is 2.60. The van der Waals surface area contributed by atoms with Crippen LogP contribution in [0.1, 0.15) is 18.3 Å². The lowest BCUT2D eigenvalue weighted by molar-refractivity contribution is -0.104. The van der Waals surface area contributed by atoms with Gasteiger partial charge in [-0.2, -0.15) is 0 Å². The van der Waals surface area contributed by atoms with E-state index >= 15 is 0 Å². The second-order valence-electron chi connectivity index (χ2n) is 3.65. The third-order valence-electron chi connectivity index (χ3n) is 2.65. The molecular weight excluding hydrogens is 200 g/mol. The fourth-order valence-electron chi connectivity index (χ4n) is 1.92. The van der Waals surface area contributed by atoms with E-state index in [-0.39, 0.29) is 0 Å². The third kappa shape index (κ3) is 1.76. The van der Waals surface area contributed by atoms with E-state index in [0.29, 0.717) is 0 Å². The molecule has 0 N–H and O–H groups in total. The Bertz CT molecular complexity index is 552. The van der Waals surface area contributed by atoms with Crippen LogP contribution in [-0.2, 0) is 11.3 Å². The van der Waals surface area contributed by atoms with Gasteiger partial charge >= 0.3 is 0 Å². The number of aromatic nitrogens is 2. The van der Waals surface area contributed by atoms with Gasteiger partial charge in [0.1, 0.15) is 12.1 Å². The van der Waals surface area contributed by atoms with E-state index in [1.54, 1.807) is 6.08 Å². The predicted octanol–water partition coefficient (Wildman–Crippen LogP) is 2.58. The first-order valence-corrected chi connectivity index (χ1v) is 5.35. The number of hydrogen-bond donors (Lipinski definition) is 0. The van der Waals surface area contributed by atoms with E-state index in [1.165, 1.54) is 6.08 Å². The van der Waals surface area contributed by atoms with Crippen LogP contribution in [0.3, 0.4) is 0 Å². The second-order valence-corrected chi connectivity index (χ2v) is 3.65. The fourth-order valence-corrected chi connectivity index (χ4v) is 1.92. The van der Waals surface area contributed by atoms with Gasteiger partial charge < -0.3 is 4.57 Å². The maximum atomic E-state index is 10.2. The highest BCUT2D eigenvalue weighted by Gasteiger charge is 2.05. The van der Waals surface area contributed by atoms with E-state index in [2.05, 4.69) is 16.5 Å². The normalized spacial score (nSPS) is 11.4. The zero-order chi connectivity index (χ0) is 11.5. The number of aldehydes is 1. The smallest absolute Gasteiger partial charge is 0.142 e. The zero-order valence-electron chi connectivity index (χ0n) is 9.47. The van der Waals surface area contributed by atoms with Gasteiger partial charge in [0.05, 0.1) is 11.0 Å². The molecule has 0 bridgehead atoms. The third-order valence-corrected chi connectivity index (χ3v) is 2.65. The number of imidazole rings is 1. The second kappa shape index (κ2) is 4.31. The van der Waals surface area contributed by atoms with Crippen molar-refractivity contribution in [2.45, 2.75) is 20.4 Å². The maximum absolute atomic E-state index is 10.2. The number of carbonyl (C=O) groups is 1. The minimum absolute atomic E-state index is 0.778. The predicted molar refractivity (Wildman–Crippen MR) is 65.2 cm³/mol. The first kappa shape index (κ1) is 10.6. The number of hydrogen-bond acceptors (Lipinski definition) is 2. The van der Waals surface area contributed by atoms with E-state index in [0.717, 1.165) is 35.3 Å². The molecule has 3 nitrogen and oxygen atoms in total. The van der Waals surface area contributed by atoms with Crippen molar-refractivity contribution >= 4 is 23.4 Å². The van der Waals surface area contributed by atoms with Gasteiger partial charge in [-0.05, 0) is 37.6 Å². The molecule has 0 aliphatic rings.